The summed E-state index contributed by atoms with van der Waals surface area (Å²) < 4.78 is 13.0. The fourth-order valence-corrected chi connectivity index (χ4v) is 1.84. The highest BCUT2D eigenvalue weighted by molar-refractivity contribution is 6.08. The average Bonchev–Trinajstić information content (AvgIpc) is 2.76. The molecule has 1 heterocycles. The van der Waals surface area contributed by atoms with Crippen LogP contribution < -0.4 is 10.6 Å². The summed E-state index contributed by atoms with van der Waals surface area (Å²) in [6.07, 6.45) is -1.03. The molecule has 2 unspecified atom stereocenters. The van der Waals surface area contributed by atoms with Gasteiger partial charge < -0.3 is 15.7 Å². The molecule has 110 valence electrons. The molecule has 5 nitrogen and oxygen atoms in total. The number of hydrogen-bond donors (Lipinski definition) is 3. The minimum atomic E-state index is -1.12. The molecule has 1 aliphatic heterocycles. The second-order valence-electron chi connectivity index (χ2n) is 4.24. The quantitative estimate of drug-likeness (QED) is 0.713. The number of rotatable bonds is 2. The van der Waals surface area contributed by atoms with E-state index in [-0.39, 0.29) is 12.4 Å². The Morgan fingerprint density at radius 1 is 1.45 bits per heavy atom. The van der Waals surface area contributed by atoms with Gasteiger partial charge >= 0.3 is 0 Å². The Labute approximate surface area is 117 Å². The van der Waals surface area contributed by atoms with Crippen LogP contribution in [0.3, 0.4) is 0 Å². The first-order valence-corrected chi connectivity index (χ1v) is 6.52. The second-order valence-corrected chi connectivity index (χ2v) is 4.24. The van der Waals surface area contributed by atoms with Gasteiger partial charge in [-0.15, -0.1) is 0 Å². The first-order valence-electron chi connectivity index (χ1n) is 6.52. The number of halogens is 1. The number of β-amino-alcohol motifs (C(OH)–C–C–N with tert-alkyl or cyclic N) is 1. The van der Waals surface area contributed by atoms with E-state index in [1.165, 1.54) is 18.2 Å². The first kappa shape index (κ1) is 16.1. The number of amides is 2. The molecule has 0 saturated carbocycles. The Balaban J connectivity index is 0.000000956. The standard InChI is InChI=1S/C12H13FN2O3.C2H6/c1-6-4-7(2-3-8(6)13)15-12(18)10-9(16)5-14-11(10)17;1-2/h2-4,9-10,16H,5H2,1H3,(H,14,17)(H,15,18);1-2H3. The summed E-state index contributed by atoms with van der Waals surface area (Å²) in [5, 5.41) is 14.4. The highest BCUT2D eigenvalue weighted by Crippen LogP contribution is 2.17. The van der Waals surface area contributed by atoms with E-state index in [0.29, 0.717) is 11.3 Å². The van der Waals surface area contributed by atoms with E-state index < -0.39 is 23.8 Å². The summed E-state index contributed by atoms with van der Waals surface area (Å²) in [4.78, 5) is 23.2. The smallest absolute Gasteiger partial charge is 0.239 e. The molecule has 1 saturated heterocycles. The van der Waals surface area contributed by atoms with Crippen molar-refractivity contribution < 1.29 is 19.1 Å². The van der Waals surface area contributed by atoms with Gasteiger partial charge in [-0.1, -0.05) is 13.8 Å². The molecule has 2 rings (SSSR count). The van der Waals surface area contributed by atoms with E-state index in [1.54, 1.807) is 6.92 Å². The topological polar surface area (TPSA) is 78.4 Å². The minimum Gasteiger partial charge on any atom is -0.390 e. The largest absolute Gasteiger partial charge is 0.390 e. The van der Waals surface area contributed by atoms with Crippen molar-refractivity contribution in [2.45, 2.75) is 26.9 Å². The Morgan fingerprint density at radius 3 is 2.60 bits per heavy atom. The number of benzene rings is 1. The maximum Gasteiger partial charge on any atom is 0.239 e. The maximum atomic E-state index is 13.0. The number of carbonyl (C=O) groups is 2. The normalized spacial score (nSPS) is 20.8. The minimum absolute atomic E-state index is 0.0688. The zero-order chi connectivity index (χ0) is 15.3. The van der Waals surface area contributed by atoms with Crippen LogP contribution in [0.1, 0.15) is 19.4 Å². The third kappa shape index (κ3) is 3.54. The number of nitrogens with one attached hydrogen (secondary N) is 2. The van der Waals surface area contributed by atoms with E-state index in [1.807, 2.05) is 13.8 Å². The molecule has 6 heteroatoms. The van der Waals surface area contributed by atoms with E-state index in [4.69, 9.17) is 0 Å². The highest BCUT2D eigenvalue weighted by Gasteiger charge is 2.39. The maximum absolute atomic E-state index is 13.0. The van der Waals surface area contributed by atoms with Gasteiger partial charge in [-0.25, -0.2) is 4.39 Å². The lowest BCUT2D eigenvalue weighted by Gasteiger charge is -2.12. The van der Waals surface area contributed by atoms with Gasteiger partial charge in [0.05, 0.1) is 6.10 Å². The lowest BCUT2D eigenvalue weighted by atomic mass is 10.0. The zero-order valence-electron chi connectivity index (χ0n) is 11.7. The number of hydrogen-bond acceptors (Lipinski definition) is 3. The number of anilines is 1. The van der Waals surface area contributed by atoms with Crippen molar-refractivity contribution in [3.05, 3.63) is 29.6 Å². The summed E-state index contributed by atoms with van der Waals surface area (Å²) in [5.41, 5.74) is 0.787. The molecule has 20 heavy (non-hydrogen) atoms. The molecule has 1 fully saturated rings. The summed E-state index contributed by atoms with van der Waals surface area (Å²) in [5.74, 6) is -2.58. The van der Waals surface area contributed by atoms with Crippen LogP contribution in [0.2, 0.25) is 0 Å². The van der Waals surface area contributed by atoms with Gasteiger partial charge in [0.15, 0.2) is 0 Å². The van der Waals surface area contributed by atoms with Crippen molar-refractivity contribution in [2.24, 2.45) is 5.92 Å². The van der Waals surface area contributed by atoms with Crippen LogP contribution in [0.4, 0.5) is 10.1 Å². The molecule has 0 aromatic heterocycles. The molecule has 2 amide bonds. The number of aryl methyl sites for hydroxylation is 1. The fraction of sp³-hybridized carbons (Fsp3) is 0.429. The average molecular weight is 282 g/mol. The van der Waals surface area contributed by atoms with E-state index in [2.05, 4.69) is 10.6 Å². The third-order valence-corrected chi connectivity index (χ3v) is 2.86. The van der Waals surface area contributed by atoms with Gasteiger partial charge in [-0.3, -0.25) is 9.59 Å². The van der Waals surface area contributed by atoms with Gasteiger partial charge in [-0.2, -0.15) is 0 Å². The zero-order valence-corrected chi connectivity index (χ0v) is 11.7. The Bertz CT molecular complexity index is 505. The van der Waals surface area contributed by atoms with Crippen LogP contribution in [0.25, 0.3) is 0 Å². The summed E-state index contributed by atoms with van der Waals surface area (Å²) in [6, 6.07) is 4.10. The fourth-order valence-electron chi connectivity index (χ4n) is 1.84. The van der Waals surface area contributed by atoms with Crippen LogP contribution in [-0.4, -0.2) is 29.6 Å². The number of aliphatic hydroxyl groups excluding tert-OH is 1. The molecular weight excluding hydrogens is 263 g/mol. The van der Waals surface area contributed by atoms with Gasteiger partial charge in [0.25, 0.3) is 0 Å². The van der Waals surface area contributed by atoms with Crippen molar-refractivity contribution in [3.8, 4) is 0 Å². The van der Waals surface area contributed by atoms with Crippen LogP contribution >= 0.6 is 0 Å². The molecular formula is C14H19FN2O3. The van der Waals surface area contributed by atoms with Crippen molar-refractivity contribution in [1.82, 2.24) is 5.32 Å². The van der Waals surface area contributed by atoms with E-state index in [0.717, 1.165) is 0 Å². The van der Waals surface area contributed by atoms with Crippen LogP contribution in [0.15, 0.2) is 18.2 Å². The first-order chi connectivity index (χ1) is 9.49. The van der Waals surface area contributed by atoms with Gasteiger partial charge in [-0.05, 0) is 30.7 Å². The van der Waals surface area contributed by atoms with Gasteiger partial charge in [0.1, 0.15) is 11.7 Å². The molecule has 0 aliphatic carbocycles. The number of carbonyl (C=O) groups excluding carboxylic acids is 2. The van der Waals surface area contributed by atoms with Crippen LogP contribution in [0.5, 0.6) is 0 Å². The summed E-state index contributed by atoms with van der Waals surface area (Å²) in [6.45, 7) is 5.64. The highest BCUT2D eigenvalue weighted by atomic mass is 19.1. The predicted octanol–water partition coefficient (Wildman–Crippen LogP) is 1.21. The van der Waals surface area contributed by atoms with Crippen molar-refractivity contribution in [3.63, 3.8) is 0 Å². The monoisotopic (exact) mass is 282 g/mol. The molecule has 0 radical (unpaired) electrons. The van der Waals surface area contributed by atoms with Crippen LogP contribution in [0, 0.1) is 18.7 Å². The van der Waals surface area contributed by atoms with E-state index >= 15 is 0 Å². The van der Waals surface area contributed by atoms with Crippen molar-refractivity contribution in [2.75, 3.05) is 11.9 Å². The van der Waals surface area contributed by atoms with Crippen molar-refractivity contribution in [1.29, 1.82) is 0 Å². The SMILES string of the molecule is CC.Cc1cc(NC(=O)C2C(=O)NCC2O)ccc1F. The third-order valence-electron chi connectivity index (χ3n) is 2.86. The van der Waals surface area contributed by atoms with Crippen LogP contribution in [-0.2, 0) is 9.59 Å². The van der Waals surface area contributed by atoms with E-state index in [9.17, 15) is 19.1 Å². The lowest BCUT2D eigenvalue weighted by molar-refractivity contribution is -0.132. The lowest BCUT2D eigenvalue weighted by Crippen LogP contribution is -2.34. The molecule has 3 N–H and O–H groups in total. The molecule has 0 spiro atoms. The molecule has 2 atom stereocenters. The van der Waals surface area contributed by atoms with Gasteiger partial charge in [0, 0.05) is 12.2 Å². The molecule has 1 aromatic rings. The number of aliphatic hydroxyl groups is 1. The Kier molecular flexibility index (Phi) is 5.64. The predicted molar refractivity (Wildman–Crippen MR) is 73.6 cm³/mol. The molecule has 0 bridgehead atoms. The second kappa shape index (κ2) is 7.00. The summed E-state index contributed by atoms with van der Waals surface area (Å²) >= 11 is 0. The molecule has 1 aliphatic rings. The van der Waals surface area contributed by atoms with Gasteiger partial charge in [0.2, 0.25) is 11.8 Å². The summed E-state index contributed by atoms with van der Waals surface area (Å²) in [7, 11) is 0. The van der Waals surface area contributed by atoms with Crippen molar-refractivity contribution >= 4 is 17.5 Å². The Morgan fingerprint density at radius 2 is 2.10 bits per heavy atom. The molecule has 1 aromatic carbocycles. The Hall–Kier alpha value is -1.95.